The Hall–Kier alpha value is -1.99. The van der Waals surface area contributed by atoms with E-state index in [1.165, 1.54) is 14.2 Å². The van der Waals surface area contributed by atoms with Crippen LogP contribution in [0.1, 0.15) is 23.2 Å². The molecule has 1 unspecified atom stereocenters. The number of likely N-dealkylation sites (tertiary alicyclic amines) is 1. The van der Waals surface area contributed by atoms with Gasteiger partial charge in [0.2, 0.25) is 5.91 Å². The van der Waals surface area contributed by atoms with Gasteiger partial charge in [0, 0.05) is 26.2 Å². The van der Waals surface area contributed by atoms with Gasteiger partial charge in [-0.1, -0.05) is 6.07 Å². The van der Waals surface area contributed by atoms with Crippen molar-refractivity contribution in [2.45, 2.75) is 12.8 Å². The van der Waals surface area contributed by atoms with Gasteiger partial charge in [0.15, 0.2) is 11.5 Å². The van der Waals surface area contributed by atoms with Crippen molar-refractivity contribution < 1.29 is 19.1 Å². The number of hydrogen-bond acceptors (Lipinski definition) is 5. The van der Waals surface area contributed by atoms with E-state index >= 15 is 0 Å². The fourth-order valence-electron chi connectivity index (χ4n) is 2.94. The summed E-state index contributed by atoms with van der Waals surface area (Å²) in [6, 6.07) is 5.21. The Morgan fingerprint density at radius 1 is 1.32 bits per heavy atom. The Morgan fingerprint density at radius 2 is 2.08 bits per heavy atom. The number of nitrogens with one attached hydrogen (secondary N) is 1. The van der Waals surface area contributed by atoms with Gasteiger partial charge >= 0.3 is 0 Å². The highest BCUT2D eigenvalue weighted by Crippen LogP contribution is 2.32. The highest BCUT2D eigenvalue weighted by atomic mass is 35.5. The number of nitrogens with two attached hydrogens (primary N) is 1. The smallest absolute Gasteiger partial charge is 0.257 e. The van der Waals surface area contributed by atoms with Gasteiger partial charge in [0.05, 0.1) is 25.7 Å². The highest BCUT2D eigenvalue weighted by Gasteiger charge is 2.30. The number of benzene rings is 1. The molecule has 0 aliphatic carbocycles. The number of rotatable bonds is 6. The van der Waals surface area contributed by atoms with Crippen LogP contribution >= 0.6 is 12.4 Å². The summed E-state index contributed by atoms with van der Waals surface area (Å²) < 4.78 is 10.6. The summed E-state index contributed by atoms with van der Waals surface area (Å²) in [5.74, 6) is 0.529. The SMILES string of the molecule is COc1cccc(C(=O)N2CCCC(C(=O)NCCN)C2)c1OC.Cl. The van der Waals surface area contributed by atoms with Crippen LogP contribution in [-0.4, -0.2) is 57.1 Å². The average Bonchev–Trinajstić information content (AvgIpc) is 2.64. The minimum absolute atomic E-state index is 0. The molecular weight excluding hydrogens is 346 g/mol. The third-order valence-corrected chi connectivity index (χ3v) is 4.16. The lowest BCUT2D eigenvalue weighted by Gasteiger charge is -2.32. The summed E-state index contributed by atoms with van der Waals surface area (Å²) in [6.07, 6.45) is 1.56. The summed E-state index contributed by atoms with van der Waals surface area (Å²) in [6.45, 7) is 1.88. The molecule has 0 aromatic heterocycles. The molecule has 1 saturated heterocycles. The second kappa shape index (κ2) is 10.1. The molecule has 1 aromatic rings. The largest absolute Gasteiger partial charge is 0.493 e. The van der Waals surface area contributed by atoms with Gasteiger partial charge in [-0.25, -0.2) is 0 Å². The summed E-state index contributed by atoms with van der Waals surface area (Å²) in [7, 11) is 3.04. The molecule has 1 aliphatic rings. The lowest BCUT2D eigenvalue weighted by Crippen LogP contribution is -2.46. The lowest BCUT2D eigenvalue weighted by molar-refractivity contribution is -0.126. The van der Waals surface area contributed by atoms with Crippen molar-refractivity contribution in [1.29, 1.82) is 0 Å². The Morgan fingerprint density at radius 3 is 2.72 bits per heavy atom. The number of amides is 2. The van der Waals surface area contributed by atoms with Gasteiger partial charge < -0.3 is 25.4 Å². The average molecular weight is 372 g/mol. The topological polar surface area (TPSA) is 93.9 Å². The zero-order chi connectivity index (χ0) is 17.5. The minimum atomic E-state index is -0.203. The van der Waals surface area contributed by atoms with Crippen LogP contribution in [0.15, 0.2) is 18.2 Å². The van der Waals surface area contributed by atoms with Crippen molar-refractivity contribution in [3.8, 4) is 11.5 Å². The van der Waals surface area contributed by atoms with Crippen LogP contribution in [0.5, 0.6) is 11.5 Å². The predicted molar refractivity (Wildman–Crippen MR) is 97.5 cm³/mol. The van der Waals surface area contributed by atoms with E-state index in [1.807, 2.05) is 0 Å². The Bertz CT molecular complexity index is 597. The van der Waals surface area contributed by atoms with Crippen molar-refractivity contribution in [1.82, 2.24) is 10.2 Å². The molecule has 140 valence electrons. The molecule has 2 rings (SSSR count). The van der Waals surface area contributed by atoms with E-state index in [4.69, 9.17) is 15.2 Å². The first-order chi connectivity index (χ1) is 11.6. The van der Waals surface area contributed by atoms with Crippen LogP contribution in [0.2, 0.25) is 0 Å². The van der Waals surface area contributed by atoms with Crippen LogP contribution < -0.4 is 20.5 Å². The third kappa shape index (κ3) is 4.99. The highest BCUT2D eigenvalue weighted by molar-refractivity contribution is 5.98. The van der Waals surface area contributed by atoms with E-state index in [0.29, 0.717) is 43.2 Å². The van der Waals surface area contributed by atoms with Crippen molar-refractivity contribution in [2.75, 3.05) is 40.4 Å². The lowest BCUT2D eigenvalue weighted by atomic mass is 9.96. The third-order valence-electron chi connectivity index (χ3n) is 4.16. The maximum absolute atomic E-state index is 12.9. The molecule has 1 atom stereocenters. The molecular formula is C17H26ClN3O4. The van der Waals surface area contributed by atoms with E-state index < -0.39 is 0 Å². The van der Waals surface area contributed by atoms with Crippen molar-refractivity contribution in [3.05, 3.63) is 23.8 Å². The second-order valence-corrected chi connectivity index (χ2v) is 5.71. The number of halogens is 1. The number of para-hydroxylation sites is 1. The molecule has 1 heterocycles. The van der Waals surface area contributed by atoms with Crippen LogP contribution in [0.25, 0.3) is 0 Å². The zero-order valence-electron chi connectivity index (χ0n) is 14.6. The zero-order valence-corrected chi connectivity index (χ0v) is 15.4. The molecule has 3 N–H and O–H groups in total. The summed E-state index contributed by atoms with van der Waals surface area (Å²) in [5, 5.41) is 2.80. The maximum atomic E-state index is 12.9. The summed E-state index contributed by atoms with van der Waals surface area (Å²) >= 11 is 0. The van der Waals surface area contributed by atoms with Crippen LogP contribution in [0, 0.1) is 5.92 Å². The van der Waals surface area contributed by atoms with Gasteiger partial charge in [0.1, 0.15) is 0 Å². The van der Waals surface area contributed by atoms with Gasteiger partial charge in [0.25, 0.3) is 5.91 Å². The predicted octanol–water partition coefficient (Wildman–Crippen LogP) is 1.05. The second-order valence-electron chi connectivity index (χ2n) is 5.71. The number of carbonyl (C=O) groups is 2. The van der Waals surface area contributed by atoms with E-state index in [9.17, 15) is 9.59 Å². The van der Waals surface area contributed by atoms with E-state index in [2.05, 4.69) is 5.32 Å². The maximum Gasteiger partial charge on any atom is 0.257 e. The number of methoxy groups -OCH3 is 2. The molecule has 1 aromatic carbocycles. The Kier molecular flexibility index (Phi) is 8.51. The van der Waals surface area contributed by atoms with Gasteiger partial charge in [-0.15, -0.1) is 12.4 Å². The Balaban J connectivity index is 0.00000312. The standard InChI is InChI=1S/C17H25N3O4.ClH/c1-23-14-7-3-6-13(15(14)24-2)17(22)20-10-4-5-12(11-20)16(21)19-9-8-18;/h3,6-7,12H,4-5,8-11,18H2,1-2H3,(H,19,21);1H. The van der Waals surface area contributed by atoms with E-state index in [-0.39, 0.29) is 30.1 Å². The van der Waals surface area contributed by atoms with Crippen LogP contribution in [0.4, 0.5) is 0 Å². The fourth-order valence-corrected chi connectivity index (χ4v) is 2.94. The van der Waals surface area contributed by atoms with E-state index in [0.717, 1.165) is 12.8 Å². The van der Waals surface area contributed by atoms with Gasteiger partial charge in [-0.2, -0.15) is 0 Å². The van der Waals surface area contributed by atoms with Gasteiger partial charge in [-0.05, 0) is 25.0 Å². The first-order valence-corrected chi connectivity index (χ1v) is 8.10. The normalized spacial score (nSPS) is 16.6. The monoisotopic (exact) mass is 371 g/mol. The summed E-state index contributed by atoms with van der Waals surface area (Å²) in [4.78, 5) is 26.7. The summed E-state index contributed by atoms with van der Waals surface area (Å²) in [5.41, 5.74) is 5.86. The number of hydrogen-bond donors (Lipinski definition) is 2. The molecule has 0 saturated carbocycles. The first kappa shape index (κ1) is 21.1. The Labute approximate surface area is 154 Å². The molecule has 25 heavy (non-hydrogen) atoms. The number of ether oxygens (including phenoxy) is 2. The molecule has 8 heteroatoms. The molecule has 7 nitrogen and oxygen atoms in total. The first-order valence-electron chi connectivity index (χ1n) is 8.10. The van der Waals surface area contributed by atoms with E-state index in [1.54, 1.807) is 23.1 Å². The molecule has 0 bridgehead atoms. The van der Waals surface area contributed by atoms with Gasteiger partial charge in [-0.3, -0.25) is 9.59 Å². The molecule has 0 radical (unpaired) electrons. The van der Waals surface area contributed by atoms with Crippen LogP contribution in [0.3, 0.4) is 0 Å². The quantitative estimate of drug-likeness (QED) is 0.779. The number of nitrogens with zero attached hydrogens (tertiary/aromatic N) is 1. The van der Waals surface area contributed by atoms with Crippen molar-refractivity contribution >= 4 is 24.2 Å². The fraction of sp³-hybridized carbons (Fsp3) is 0.529. The van der Waals surface area contributed by atoms with Crippen molar-refractivity contribution in [3.63, 3.8) is 0 Å². The minimum Gasteiger partial charge on any atom is -0.493 e. The number of piperidine rings is 1. The number of carbonyl (C=O) groups excluding carboxylic acids is 2. The van der Waals surface area contributed by atoms with Crippen molar-refractivity contribution in [2.24, 2.45) is 11.7 Å². The molecule has 1 fully saturated rings. The molecule has 0 spiro atoms. The molecule has 1 aliphatic heterocycles. The molecule has 2 amide bonds. The van der Waals surface area contributed by atoms with Crippen LogP contribution in [-0.2, 0) is 4.79 Å².